The van der Waals surface area contributed by atoms with Gasteiger partial charge in [-0.3, -0.25) is 0 Å². The molecule has 0 aliphatic rings. The molecule has 2 nitrogen and oxygen atoms in total. The van der Waals surface area contributed by atoms with Crippen molar-refractivity contribution in [2.24, 2.45) is 0 Å². The number of hydrogen-bond acceptors (Lipinski definition) is 2. The van der Waals surface area contributed by atoms with E-state index < -0.39 is 18.6 Å². The van der Waals surface area contributed by atoms with Gasteiger partial charge in [-0.2, -0.15) is 0 Å². The molecule has 0 spiro atoms. The van der Waals surface area contributed by atoms with Gasteiger partial charge in [0.05, 0.1) is 0 Å². The van der Waals surface area contributed by atoms with Crippen molar-refractivity contribution < 1.29 is 25.3 Å². The fourth-order valence-electron chi connectivity index (χ4n) is 1.47. The molecule has 0 unspecified atom stereocenters. The summed E-state index contributed by atoms with van der Waals surface area (Å²) in [6.45, 7) is 6.01. The molecule has 0 aliphatic heterocycles. The zero-order chi connectivity index (χ0) is 11.3. The Bertz CT molecular complexity index is 332. The predicted octanol–water partition coefficient (Wildman–Crippen LogP) is 2.96. The van der Waals surface area contributed by atoms with Gasteiger partial charge in [0.25, 0.3) is 0 Å². The van der Waals surface area contributed by atoms with Crippen molar-refractivity contribution in [2.45, 2.75) is 11.6 Å². The van der Waals surface area contributed by atoms with Crippen LogP contribution in [0.3, 0.4) is 0 Å². The summed E-state index contributed by atoms with van der Waals surface area (Å²) in [6.07, 6.45) is 0. The molecular formula is C12H17O2Ti. The zero-order valence-electron chi connectivity index (χ0n) is 9.54. The normalized spacial score (nSPS) is 10.1. The molecular weight excluding hydrogens is 224 g/mol. The number of rotatable bonds is 5. The fourth-order valence-corrected chi connectivity index (χ4v) is 3.15. The maximum absolute atomic E-state index is 5.35. The minimum atomic E-state index is -1.80. The third kappa shape index (κ3) is 3.58. The molecule has 0 amide bonds. The van der Waals surface area contributed by atoms with Crippen LogP contribution >= 0.6 is 0 Å². The van der Waals surface area contributed by atoms with Crippen molar-refractivity contribution in [3.05, 3.63) is 42.0 Å². The molecule has 15 heavy (non-hydrogen) atoms. The monoisotopic (exact) mass is 241 g/mol. The Morgan fingerprint density at radius 3 is 2.40 bits per heavy atom. The first-order valence-electron chi connectivity index (χ1n) is 4.86. The second-order valence-electron chi connectivity index (χ2n) is 3.39. The summed E-state index contributed by atoms with van der Waals surface area (Å²) in [7, 11) is 3.45. The average Bonchev–Trinajstić information content (AvgIpc) is 2.26. The molecule has 1 aromatic carbocycles. The number of benzene rings is 1. The first-order chi connectivity index (χ1) is 7.19. The van der Waals surface area contributed by atoms with Gasteiger partial charge in [-0.1, -0.05) is 0 Å². The van der Waals surface area contributed by atoms with Gasteiger partial charge >= 0.3 is 98.7 Å². The fraction of sp³-hybridized carbons (Fsp3) is 0.333. The SMILES string of the molecule is C=C(C)c1ccccc1[CH2][Ti]([O]C)[O]C. The van der Waals surface area contributed by atoms with Crippen molar-refractivity contribution >= 4 is 5.57 Å². The van der Waals surface area contributed by atoms with Crippen molar-refractivity contribution in [3.63, 3.8) is 0 Å². The second kappa shape index (κ2) is 6.24. The van der Waals surface area contributed by atoms with Gasteiger partial charge in [0.1, 0.15) is 0 Å². The standard InChI is InChI=1S/C10H11.2CH3O.Ti/c1-8(2)10-7-5-4-6-9(10)3;2*1-2;/h4-7H,1,3H2,2H3;2*1H3;/q;2*-1;+2. The molecule has 0 fully saturated rings. The Morgan fingerprint density at radius 1 is 1.27 bits per heavy atom. The van der Waals surface area contributed by atoms with Crippen LogP contribution in [0.25, 0.3) is 5.57 Å². The van der Waals surface area contributed by atoms with E-state index in [1.165, 1.54) is 11.1 Å². The third-order valence-electron chi connectivity index (χ3n) is 2.27. The van der Waals surface area contributed by atoms with Crippen molar-refractivity contribution in [1.82, 2.24) is 0 Å². The van der Waals surface area contributed by atoms with E-state index in [1.54, 1.807) is 14.2 Å². The molecule has 1 rings (SSSR count). The quantitative estimate of drug-likeness (QED) is 0.738. The Kier molecular flexibility index (Phi) is 5.26. The summed E-state index contributed by atoms with van der Waals surface area (Å²) in [6, 6.07) is 8.30. The van der Waals surface area contributed by atoms with Gasteiger partial charge < -0.3 is 0 Å². The third-order valence-corrected chi connectivity index (χ3v) is 4.73. The van der Waals surface area contributed by atoms with Gasteiger partial charge in [0.15, 0.2) is 0 Å². The van der Waals surface area contributed by atoms with Crippen molar-refractivity contribution in [2.75, 3.05) is 14.2 Å². The van der Waals surface area contributed by atoms with Crippen LogP contribution in [0.5, 0.6) is 0 Å². The van der Waals surface area contributed by atoms with Crippen LogP contribution in [0, 0.1) is 0 Å². The van der Waals surface area contributed by atoms with Crippen LogP contribution in [0.2, 0.25) is 0 Å². The van der Waals surface area contributed by atoms with E-state index in [1.807, 2.05) is 19.1 Å². The predicted molar refractivity (Wildman–Crippen MR) is 58.9 cm³/mol. The van der Waals surface area contributed by atoms with Crippen LogP contribution in [-0.4, -0.2) is 14.2 Å². The molecule has 0 saturated carbocycles. The molecule has 0 atom stereocenters. The number of hydrogen-bond donors (Lipinski definition) is 0. The second-order valence-corrected chi connectivity index (χ2v) is 6.38. The van der Waals surface area contributed by atoms with Gasteiger partial charge in [0.2, 0.25) is 0 Å². The van der Waals surface area contributed by atoms with Gasteiger partial charge in [-0.05, 0) is 0 Å². The van der Waals surface area contributed by atoms with Crippen LogP contribution in [0.15, 0.2) is 30.8 Å². The summed E-state index contributed by atoms with van der Waals surface area (Å²) in [5, 5.41) is 0. The molecule has 0 N–H and O–H groups in total. The zero-order valence-corrected chi connectivity index (χ0v) is 11.1. The van der Waals surface area contributed by atoms with E-state index in [0.717, 1.165) is 10.3 Å². The maximum atomic E-state index is 5.35. The van der Waals surface area contributed by atoms with E-state index in [2.05, 4.69) is 18.7 Å². The minimum absolute atomic E-state index is 0.913. The van der Waals surface area contributed by atoms with Crippen LogP contribution < -0.4 is 0 Å². The summed E-state index contributed by atoms with van der Waals surface area (Å²) < 4.78 is 11.6. The summed E-state index contributed by atoms with van der Waals surface area (Å²) in [4.78, 5) is 0. The van der Waals surface area contributed by atoms with E-state index >= 15 is 0 Å². The molecule has 0 heterocycles. The summed E-state index contributed by atoms with van der Waals surface area (Å²) in [5.74, 6) is 0. The molecule has 1 aromatic rings. The Labute approximate surface area is 98.7 Å². The summed E-state index contributed by atoms with van der Waals surface area (Å²) >= 11 is -1.80. The molecule has 0 bridgehead atoms. The number of allylic oxidation sites excluding steroid dienone is 1. The topological polar surface area (TPSA) is 18.5 Å². The van der Waals surface area contributed by atoms with Crippen LogP contribution in [-0.2, 0) is 30.0 Å². The Hall–Kier alpha value is -0.406. The van der Waals surface area contributed by atoms with Crippen molar-refractivity contribution in [3.8, 4) is 0 Å². The Morgan fingerprint density at radius 2 is 1.87 bits per heavy atom. The molecule has 0 aromatic heterocycles. The van der Waals surface area contributed by atoms with E-state index in [9.17, 15) is 0 Å². The average molecular weight is 241 g/mol. The molecule has 0 radical (unpaired) electrons. The van der Waals surface area contributed by atoms with Gasteiger partial charge in [-0.15, -0.1) is 0 Å². The van der Waals surface area contributed by atoms with E-state index in [-0.39, 0.29) is 0 Å². The van der Waals surface area contributed by atoms with E-state index in [4.69, 9.17) is 6.64 Å². The van der Waals surface area contributed by atoms with Gasteiger partial charge in [0, 0.05) is 0 Å². The first-order valence-corrected chi connectivity index (χ1v) is 7.24. The molecule has 81 valence electrons. The van der Waals surface area contributed by atoms with Crippen LogP contribution in [0.4, 0.5) is 0 Å². The molecule has 3 heteroatoms. The summed E-state index contributed by atoms with van der Waals surface area (Å²) in [5.41, 5.74) is 3.59. The molecule has 0 aliphatic carbocycles. The van der Waals surface area contributed by atoms with Crippen LogP contribution in [0.1, 0.15) is 18.1 Å². The van der Waals surface area contributed by atoms with Crippen molar-refractivity contribution in [1.29, 1.82) is 0 Å². The first kappa shape index (κ1) is 12.7. The van der Waals surface area contributed by atoms with E-state index in [0.29, 0.717) is 0 Å². The Balaban J connectivity index is 2.88. The van der Waals surface area contributed by atoms with Gasteiger partial charge in [-0.25, -0.2) is 0 Å². The molecule has 0 saturated heterocycles.